The molecule has 0 saturated carbocycles. The topological polar surface area (TPSA) is 25.2 Å². The second-order valence-corrected chi connectivity index (χ2v) is 3.83. The van der Waals surface area contributed by atoms with Crippen molar-refractivity contribution in [1.82, 2.24) is 5.32 Å². The van der Waals surface area contributed by atoms with Crippen LogP contribution in [0.15, 0.2) is 22.1 Å². The lowest BCUT2D eigenvalue weighted by molar-refractivity contribution is 0.506. The number of hydrogen-bond donors (Lipinski definition) is 1. The normalized spacial score (nSPS) is 14.3. The van der Waals surface area contributed by atoms with Crippen molar-refractivity contribution in [3.63, 3.8) is 0 Å². The highest BCUT2D eigenvalue weighted by Crippen LogP contribution is 2.13. The van der Waals surface area contributed by atoms with E-state index in [0.717, 1.165) is 24.5 Å². The zero-order valence-corrected chi connectivity index (χ0v) is 10.1. The maximum Gasteiger partial charge on any atom is 0.127 e. The zero-order valence-electron chi connectivity index (χ0n) is 10.1. The Hall–Kier alpha value is -1.02. The van der Waals surface area contributed by atoms with Crippen LogP contribution in [0.5, 0.6) is 0 Å². The lowest BCUT2D eigenvalue weighted by Gasteiger charge is -2.12. The minimum Gasteiger partial charge on any atom is -0.462 e. The van der Waals surface area contributed by atoms with E-state index < -0.39 is 0 Å². The number of aryl methyl sites for hydroxylation is 1. The van der Waals surface area contributed by atoms with Gasteiger partial charge in [0.15, 0.2) is 0 Å². The molecule has 1 N–H and O–H groups in total. The third-order valence-corrected chi connectivity index (χ3v) is 2.59. The van der Waals surface area contributed by atoms with Crippen LogP contribution in [-0.4, -0.2) is 12.6 Å². The van der Waals surface area contributed by atoms with Crippen LogP contribution in [0.25, 0.3) is 6.08 Å². The molecule has 1 heterocycles. The van der Waals surface area contributed by atoms with Gasteiger partial charge in [0.25, 0.3) is 0 Å². The van der Waals surface area contributed by atoms with Crippen LogP contribution < -0.4 is 5.32 Å². The molecule has 15 heavy (non-hydrogen) atoms. The second-order valence-electron chi connectivity index (χ2n) is 3.83. The van der Waals surface area contributed by atoms with Gasteiger partial charge in [0.1, 0.15) is 11.5 Å². The summed E-state index contributed by atoms with van der Waals surface area (Å²) in [5.41, 5.74) is 1.30. The molecule has 84 valence electrons. The lowest BCUT2D eigenvalue weighted by Crippen LogP contribution is -2.26. The van der Waals surface area contributed by atoms with Gasteiger partial charge in [-0.2, -0.15) is 0 Å². The van der Waals surface area contributed by atoms with E-state index in [0.29, 0.717) is 6.04 Å². The molecule has 1 aromatic heterocycles. The number of likely N-dealkylation sites (N-methyl/N-ethyl adjacent to an activating group) is 1. The Morgan fingerprint density at radius 3 is 2.73 bits per heavy atom. The summed E-state index contributed by atoms with van der Waals surface area (Å²) in [4.78, 5) is 0. The standard InChI is InChI=1S/C13H21NO/c1-5-12-7-8-13(15-12)9-10(3)11(4)14-6-2/h7-9,11,14H,5-6H2,1-4H3/b10-9+. The summed E-state index contributed by atoms with van der Waals surface area (Å²) in [5, 5.41) is 3.38. The predicted molar refractivity (Wildman–Crippen MR) is 64.9 cm³/mol. The summed E-state index contributed by atoms with van der Waals surface area (Å²) in [6, 6.07) is 4.48. The van der Waals surface area contributed by atoms with Gasteiger partial charge in [-0.15, -0.1) is 0 Å². The van der Waals surface area contributed by atoms with E-state index in [2.05, 4.69) is 39.1 Å². The van der Waals surface area contributed by atoms with E-state index in [9.17, 15) is 0 Å². The van der Waals surface area contributed by atoms with Gasteiger partial charge in [-0.05, 0) is 38.6 Å². The van der Waals surface area contributed by atoms with Crippen molar-refractivity contribution in [3.8, 4) is 0 Å². The van der Waals surface area contributed by atoms with E-state index in [-0.39, 0.29) is 0 Å². The molecular formula is C13H21NO. The van der Waals surface area contributed by atoms with Crippen molar-refractivity contribution < 1.29 is 4.42 Å². The fraction of sp³-hybridized carbons (Fsp3) is 0.538. The highest BCUT2D eigenvalue weighted by atomic mass is 16.3. The quantitative estimate of drug-likeness (QED) is 0.801. The van der Waals surface area contributed by atoms with Crippen molar-refractivity contribution in [1.29, 1.82) is 0 Å². The van der Waals surface area contributed by atoms with E-state index in [1.807, 2.05) is 12.1 Å². The van der Waals surface area contributed by atoms with Gasteiger partial charge in [-0.25, -0.2) is 0 Å². The first-order chi connectivity index (χ1) is 7.17. The van der Waals surface area contributed by atoms with Gasteiger partial charge in [-0.3, -0.25) is 0 Å². The second kappa shape index (κ2) is 5.76. The summed E-state index contributed by atoms with van der Waals surface area (Å²) < 4.78 is 5.63. The Morgan fingerprint density at radius 2 is 2.20 bits per heavy atom. The molecule has 2 nitrogen and oxygen atoms in total. The Kier molecular flexibility index (Phi) is 4.63. The summed E-state index contributed by atoms with van der Waals surface area (Å²) in [5.74, 6) is 2.00. The van der Waals surface area contributed by atoms with Crippen LogP contribution in [0.2, 0.25) is 0 Å². The van der Waals surface area contributed by atoms with Crippen LogP contribution in [-0.2, 0) is 6.42 Å². The Labute approximate surface area is 92.4 Å². The minimum absolute atomic E-state index is 0.408. The molecule has 0 fully saturated rings. The Balaban J connectivity index is 2.68. The van der Waals surface area contributed by atoms with Crippen LogP contribution in [0.3, 0.4) is 0 Å². The maximum atomic E-state index is 5.63. The summed E-state index contributed by atoms with van der Waals surface area (Å²) in [6.07, 6.45) is 3.06. The van der Waals surface area contributed by atoms with Gasteiger partial charge in [-0.1, -0.05) is 19.4 Å². The number of nitrogens with one attached hydrogen (secondary N) is 1. The lowest BCUT2D eigenvalue weighted by atomic mass is 10.1. The molecule has 0 saturated heterocycles. The van der Waals surface area contributed by atoms with E-state index >= 15 is 0 Å². The third kappa shape index (κ3) is 3.56. The van der Waals surface area contributed by atoms with Gasteiger partial charge in [0.2, 0.25) is 0 Å². The van der Waals surface area contributed by atoms with Crippen molar-refractivity contribution >= 4 is 6.08 Å². The average molecular weight is 207 g/mol. The Morgan fingerprint density at radius 1 is 1.47 bits per heavy atom. The van der Waals surface area contributed by atoms with Gasteiger partial charge in [0, 0.05) is 12.5 Å². The van der Waals surface area contributed by atoms with E-state index in [1.165, 1.54) is 5.57 Å². The largest absolute Gasteiger partial charge is 0.462 e. The molecule has 1 rings (SSSR count). The first-order valence-corrected chi connectivity index (χ1v) is 5.67. The molecule has 0 aromatic carbocycles. The summed E-state index contributed by atoms with van der Waals surface area (Å²) in [7, 11) is 0. The first-order valence-electron chi connectivity index (χ1n) is 5.67. The highest BCUT2D eigenvalue weighted by molar-refractivity contribution is 5.48. The summed E-state index contributed by atoms with van der Waals surface area (Å²) in [6.45, 7) is 9.50. The molecule has 0 aliphatic rings. The smallest absolute Gasteiger partial charge is 0.127 e. The van der Waals surface area contributed by atoms with E-state index in [1.54, 1.807) is 0 Å². The van der Waals surface area contributed by atoms with Gasteiger partial charge >= 0.3 is 0 Å². The molecule has 0 spiro atoms. The molecular weight excluding hydrogens is 186 g/mol. The first kappa shape index (κ1) is 12.1. The molecule has 0 amide bonds. The fourth-order valence-electron chi connectivity index (χ4n) is 1.48. The molecule has 0 aliphatic carbocycles. The van der Waals surface area contributed by atoms with Crippen molar-refractivity contribution in [2.45, 2.75) is 40.2 Å². The predicted octanol–water partition coefficient (Wildman–Crippen LogP) is 3.24. The van der Waals surface area contributed by atoms with Crippen molar-refractivity contribution in [2.24, 2.45) is 0 Å². The summed E-state index contributed by atoms with van der Waals surface area (Å²) >= 11 is 0. The molecule has 2 heteroatoms. The number of hydrogen-bond acceptors (Lipinski definition) is 2. The van der Waals surface area contributed by atoms with Crippen molar-refractivity contribution in [2.75, 3.05) is 6.54 Å². The van der Waals surface area contributed by atoms with Crippen LogP contribution >= 0.6 is 0 Å². The molecule has 0 aliphatic heterocycles. The van der Waals surface area contributed by atoms with Crippen LogP contribution in [0.1, 0.15) is 39.2 Å². The van der Waals surface area contributed by atoms with Crippen LogP contribution in [0.4, 0.5) is 0 Å². The molecule has 0 radical (unpaired) electrons. The zero-order chi connectivity index (χ0) is 11.3. The monoisotopic (exact) mass is 207 g/mol. The Bertz CT molecular complexity index is 325. The molecule has 1 unspecified atom stereocenters. The minimum atomic E-state index is 0.408. The van der Waals surface area contributed by atoms with Gasteiger partial charge in [0.05, 0.1) is 0 Å². The van der Waals surface area contributed by atoms with E-state index in [4.69, 9.17) is 4.42 Å². The highest BCUT2D eigenvalue weighted by Gasteiger charge is 2.03. The third-order valence-electron chi connectivity index (χ3n) is 2.59. The SMILES string of the molecule is CCNC(C)/C(C)=C/c1ccc(CC)o1. The molecule has 0 bridgehead atoms. The molecule has 1 aromatic rings. The number of rotatable bonds is 5. The number of furan rings is 1. The molecule has 1 atom stereocenters. The fourth-order valence-corrected chi connectivity index (χ4v) is 1.48. The van der Waals surface area contributed by atoms with Crippen LogP contribution in [0, 0.1) is 0 Å². The van der Waals surface area contributed by atoms with Crippen molar-refractivity contribution in [3.05, 3.63) is 29.2 Å². The van der Waals surface area contributed by atoms with Gasteiger partial charge < -0.3 is 9.73 Å². The average Bonchev–Trinajstić information content (AvgIpc) is 2.66. The maximum absolute atomic E-state index is 5.63.